The number of rotatable bonds is 3. The molecule has 124 valence electrons. The normalized spacial score (nSPS) is 11.5. The number of benzene rings is 1. The average Bonchev–Trinajstić information content (AvgIpc) is 3.02. The molecule has 1 aromatic carbocycles. The first-order valence-electron chi connectivity index (χ1n) is 7.59. The summed E-state index contributed by atoms with van der Waals surface area (Å²) in [5, 5.41) is 6.30. The highest BCUT2D eigenvalue weighted by Gasteiger charge is 2.18. The molecular formula is C18H19N3O2S. The van der Waals surface area contributed by atoms with Gasteiger partial charge in [0.25, 0.3) is 5.91 Å². The van der Waals surface area contributed by atoms with Gasteiger partial charge < -0.3 is 4.74 Å². The minimum atomic E-state index is -0.262. The highest BCUT2D eigenvalue weighted by Crippen LogP contribution is 2.26. The summed E-state index contributed by atoms with van der Waals surface area (Å²) in [6.45, 7) is 6.27. The second-order valence-electron chi connectivity index (χ2n) is 6.50. The van der Waals surface area contributed by atoms with Gasteiger partial charge in [-0.2, -0.15) is 0 Å². The molecule has 0 aliphatic carbocycles. The Kier molecular flexibility index (Phi) is 4.24. The van der Waals surface area contributed by atoms with Crippen molar-refractivity contribution < 1.29 is 9.53 Å². The van der Waals surface area contributed by atoms with Gasteiger partial charge in [0.1, 0.15) is 11.4 Å². The highest BCUT2D eigenvalue weighted by atomic mass is 32.1. The zero-order chi connectivity index (χ0) is 17.3. The van der Waals surface area contributed by atoms with Gasteiger partial charge in [0, 0.05) is 16.2 Å². The summed E-state index contributed by atoms with van der Waals surface area (Å²) < 4.78 is 5.19. The number of carbonyl (C=O) groups is 1. The van der Waals surface area contributed by atoms with Crippen molar-refractivity contribution in [3.8, 4) is 5.75 Å². The first-order chi connectivity index (χ1) is 11.4. The number of aromatic nitrogens is 2. The number of anilines is 1. The van der Waals surface area contributed by atoms with Crippen molar-refractivity contribution in [1.82, 2.24) is 9.97 Å². The van der Waals surface area contributed by atoms with E-state index >= 15 is 0 Å². The number of thiazole rings is 1. The van der Waals surface area contributed by atoms with Crippen LogP contribution in [0.15, 0.2) is 35.7 Å². The zero-order valence-electron chi connectivity index (χ0n) is 14.1. The molecule has 24 heavy (non-hydrogen) atoms. The van der Waals surface area contributed by atoms with Crippen LogP contribution >= 0.6 is 11.3 Å². The predicted molar refractivity (Wildman–Crippen MR) is 97.1 cm³/mol. The molecule has 1 N–H and O–H groups in total. The molecule has 0 fully saturated rings. The summed E-state index contributed by atoms with van der Waals surface area (Å²) in [4.78, 5) is 21.3. The molecule has 0 spiro atoms. The van der Waals surface area contributed by atoms with Crippen molar-refractivity contribution in [1.29, 1.82) is 0 Å². The fourth-order valence-corrected chi connectivity index (χ4v) is 3.13. The molecule has 0 bridgehead atoms. The molecule has 2 heterocycles. The fraction of sp³-hybridized carbons (Fsp3) is 0.278. The standard InChI is InChI=1S/C18H19N3O2S/c1-18(2,3)15-10-24-17(20-15)21-16(22)14-7-5-11-9-12(23-4)6-8-13(11)19-14/h5-10H,1-4H3,(H,20,21,22). The van der Waals surface area contributed by atoms with Crippen molar-refractivity contribution >= 4 is 33.3 Å². The molecule has 0 aliphatic heterocycles. The number of methoxy groups -OCH3 is 1. The van der Waals surface area contributed by atoms with E-state index in [0.717, 1.165) is 22.3 Å². The molecule has 0 radical (unpaired) electrons. The van der Waals surface area contributed by atoms with Gasteiger partial charge in [0.05, 0.1) is 18.3 Å². The lowest BCUT2D eigenvalue weighted by molar-refractivity contribution is 0.102. The summed E-state index contributed by atoms with van der Waals surface area (Å²) in [6.07, 6.45) is 0. The van der Waals surface area contributed by atoms with E-state index in [9.17, 15) is 4.79 Å². The van der Waals surface area contributed by atoms with E-state index in [1.54, 1.807) is 13.2 Å². The van der Waals surface area contributed by atoms with Crippen LogP contribution in [0.1, 0.15) is 37.0 Å². The van der Waals surface area contributed by atoms with Gasteiger partial charge in [0.15, 0.2) is 5.13 Å². The van der Waals surface area contributed by atoms with Crippen LogP contribution in [0.3, 0.4) is 0 Å². The van der Waals surface area contributed by atoms with Crippen LogP contribution in [0.4, 0.5) is 5.13 Å². The summed E-state index contributed by atoms with van der Waals surface area (Å²) >= 11 is 1.42. The zero-order valence-corrected chi connectivity index (χ0v) is 14.9. The number of hydrogen-bond donors (Lipinski definition) is 1. The third kappa shape index (κ3) is 3.38. The number of nitrogens with one attached hydrogen (secondary N) is 1. The quantitative estimate of drug-likeness (QED) is 0.773. The first kappa shape index (κ1) is 16.4. The van der Waals surface area contributed by atoms with Gasteiger partial charge in [0.2, 0.25) is 0 Å². The van der Waals surface area contributed by atoms with Crippen LogP contribution in [0.5, 0.6) is 5.75 Å². The minimum absolute atomic E-state index is 0.0419. The Morgan fingerprint density at radius 1 is 1.17 bits per heavy atom. The number of ether oxygens (including phenoxy) is 1. The number of carbonyl (C=O) groups excluding carboxylic acids is 1. The van der Waals surface area contributed by atoms with E-state index in [1.807, 2.05) is 29.6 Å². The van der Waals surface area contributed by atoms with E-state index in [1.165, 1.54) is 11.3 Å². The first-order valence-corrected chi connectivity index (χ1v) is 8.47. The molecule has 2 aromatic heterocycles. The third-order valence-corrected chi connectivity index (χ3v) is 4.38. The smallest absolute Gasteiger partial charge is 0.276 e. The summed E-state index contributed by atoms with van der Waals surface area (Å²) in [6, 6.07) is 9.12. The molecule has 0 atom stereocenters. The van der Waals surface area contributed by atoms with Crippen LogP contribution in [-0.4, -0.2) is 23.0 Å². The monoisotopic (exact) mass is 341 g/mol. The Morgan fingerprint density at radius 3 is 2.62 bits per heavy atom. The SMILES string of the molecule is COc1ccc2nc(C(=O)Nc3nc(C(C)(C)C)cs3)ccc2c1. The van der Waals surface area contributed by atoms with Crippen LogP contribution in [0, 0.1) is 0 Å². The van der Waals surface area contributed by atoms with Gasteiger partial charge in [-0.25, -0.2) is 9.97 Å². The second kappa shape index (κ2) is 6.20. The van der Waals surface area contributed by atoms with Crippen molar-refractivity contribution in [2.24, 2.45) is 0 Å². The molecular weight excluding hydrogens is 322 g/mol. The highest BCUT2D eigenvalue weighted by molar-refractivity contribution is 7.14. The van der Waals surface area contributed by atoms with Gasteiger partial charge >= 0.3 is 0 Å². The van der Waals surface area contributed by atoms with Gasteiger partial charge in [-0.05, 0) is 24.3 Å². The molecule has 1 amide bonds. The average molecular weight is 341 g/mol. The molecule has 3 rings (SSSR count). The lowest BCUT2D eigenvalue weighted by Gasteiger charge is -2.14. The Morgan fingerprint density at radius 2 is 1.96 bits per heavy atom. The largest absolute Gasteiger partial charge is 0.497 e. The van der Waals surface area contributed by atoms with Crippen molar-refractivity contribution in [2.45, 2.75) is 26.2 Å². The Bertz CT molecular complexity index is 897. The van der Waals surface area contributed by atoms with Crippen molar-refractivity contribution in [2.75, 3.05) is 12.4 Å². The number of pyridine rings is 1. The van der Waals surface area contributed by atoms with E-state index in [0.29, 0.717) is 10.8 Å². The Balaban J connectivity index is 1.82. The van der Waals surface area contributed by atoms with Crippen LogP contribution < -0.4 is 10.1 Å². The number of nitrogens with zero attached hydrogens (tertiary/aromatic N) is 2. The minimum Gasteiger partial charge on any atom is -0.497 e. The molecule has 0 saturated heterocycles. The summed E-state index contributed by atoms with van der Waals surface area (Å²) in [5.41, 5.74) is 2.03. The lowest BCUT2D eigenvalue weighted by Crippen LogP contribution is -2.15. The molecule has 3 aromatic rings. The van der Waals surface area contributed by atoms with Crippen molar-refractivity contribution in [3.63, 3.8) is 0 Å². The number of fused-ring (bicyclic) bond motifs is 1. The van der Waals surface area contributed by atoms with Crippen LogP contribution in [0.2, 0.25) is 0 Å². The maximum Gasteiger partial charge on any atom is 0.276 e. The van der Waals surface area contributed by atoms with Crippen LogP contribution in [-0.2, 0) is 5.41 Å². The van der Waals surface area contributed by atoms with E-state index < -0.39 is 0 Å². The lowest BCUT2D eigenvalue weighted by atomic mass is 9.93. The predicted octanol–water partition coefficient (Wildman–Crippen LogP) is 4.25. The third-order valence-electron chi connectivity index (χ3n) is 3.62. The number of hydrogen-bond acceptors (Lipinski definition) is 5. The maximum atomic E-state index is 12.4. The fourth-order valence-electron chi connectivity index (χ4n) is 2.19. The second-order valence-corrected chi connectivity index (χ2v) is 7.36. The van der Waals surface area contributed by atoms with Gasteiger partial charge in [-0.3, -0.25) is 10.1 Å². The van der Waals surface area contributed by atoms with Crippen LogP contribution in [0.25, 0.3) is 10.9 Å². The van der Waals surface area contributed by atoms with E-state index in [2.05, 4.69) is 36.1 Å². The van der Waals surface area contributed by atoms with Gasteiger partial charge in [-0.15, -0.1) is 11.3 Å². The summed E-state index contributed by atoms with van der Waals surface area (Å²) in [7, 11) is 1.62. The number of amides is 1. The van der Waals surface area contributed by atoms with E-state index in [-0.39, 0.29) is 11.3 Å². The molecule has 0 saturated carbocycles. The topological polar surface area (TPSA) is 64.1 Å². The molecule has 0 aliphatic rings. The van der Waals surface area contributed by atoms with Crippen molar-refractivity contribution in [3.05, 3.63) is 47.1 Å². The van der Waals surface area contributed by atoms with Gasteiger partial charge in [-0.1, -0.05) is 26.8 Å². The Labute approximate surface area is 144 Å². The maximum absolute atomic E-state index is 12.4. The Hall–Kier alpha value is -2.47. The molecule has 5 nitrogen and oxygen atoms in total. The summed E-state index contributed by atoms with van der Waals surface area (Å²) in [5.74, 6) is 0.501. The molecule has 0 unspecified atom stereocenters. The van der Waals surface area contributed by atoms with E-state index in [4.69, 9.17) is 4.74 Å². The molecule has 6 heteroatoms.